The first-order chi connectivity index (χ1) is 30.5. The molecule has 0 saturated heterocycles. The quantitative estimate of drug-likeness (QED) is 0.130. The van der Waals surface area contributed by atoms with E-state index >= 15 is 0 Å². The Kier molecular flexibility index (Phi) is 10.3. The zero-order chi connectivity index (χ0) is 42.0. The molecule has 0 radical (unpaired) electrons. The molecule has 2 heterocycles. The molecule has 4 nitrogen and oxygen atoms in total. The predicted octanol–water partition coefficient (Wildman–Crippen LogP) is 15.3. The number of nitrogens with zero attached hydrogens (tertiary/aromatic N) is 1. The predicted molar refractivity (Wildman–Crippen MR) is 264 cm³/mol. The third-order valence-electron chi connectivity index (χ3n) is 11.3. The van der Waals surface area contributed by atoms with Crippen molar-refractivity contribution < 1.29 is 4.42 Å². The van der Waals surface area contributed by atoms with Gasteiger partial charge in [-0.15, -0.1) is 11.3 Å². The van der Waals surface area contributed by atoms with Crippen molar-refractivity contribution in [1.82, 2.24) is 0 Å². The molecule has 5 heteroatoms. The third kappa shape index (κ3) is 7.58. The fourth-order valence-electron chi connectivity index (χ4n) is 8.27. The average molecular weight is 816 g/mol. The molecule has 3 N–H and O–H groups in total. The monoisotopic (exact) mass is 815 g/mol. The van der Waals surface area contributed by atoms with Gasteiger partial charge in [-0.3, -0.25) is 5.41 Å². The fourth-order valence-corrected chi connectivity index (χ4v) is 9.44. The molecule has 0 aliphatic heterocycles. The van der Waals surface area contributed by atoms with Gasteiger partial charge in [-0.25, -0.2) is 4.99 Å². The first kappa shape index (κ1) is 38.3. The van der Waals surface area contributed by atoms with Crippen LogP contribution >= 0.6 is 11.3 Å². The van der Waals surface area contributed by atoms with E-state index in [1.54, 1.807) is 0 Å². The number of benzene rings is 9. The summed E-state index contributed by atoms with van der Waals surface area (Å²) in [6.45, 7) is 2.16. The van der Waals surface area contributed by atoms with Crippen molar-refractivity contribution in [3.63, 3.8) is 0 Å². The Hall–Kier alpha value is -7.86. The average Bonchev–Trinajstić information content (AvgIpc) is 3.91. The van der Waals surface area contributed by atoms with Crippen LogP contribution in [0.15, 0.2) is 222 Å². The number of furan rings is 1. The van der Waals surface area contributed by atoms with Gasteiger partial charge in [0.2, 0.25) is 0 Å². The van der Waals surface area contributed by atoms with Gasteiger partial charge >= 0.3 is 0 Å². The van der Waals surface area contributed by atoms with Gasteiger partial charge in [-0.05, 0) is 106 Å². The van der Waals surface area contributed by atoms with Gasteiger partial charge < -0.3 is 10.2 Å². The van der Waals surface area contributed by atoms with Crippen molar-refractivity contribution in [2.75, 3.05) is 0 Å². The molecule has 0 aliphatic carbocycles. The Labute approximate surface area is 364 Å². The number of nitrogens with two attached hydrogens (primary N) is 1. The van der Waals surface area contributed by atoms with Crippen molar-refractivity contribution in [1.29, 1.82) is 5.41 Å². The smallest absolute Gasteiger partial charge is 0.154 e. The minimum atomic E-state index is 0.144. The van der Waals surface area contributed by atoms with Crippen LogP contribution in [0.4, 0.5) is 0 Å². The number of amidine groups is 2. The van der Waals surface area contributed by atoms with Gasteiger partial charge in [0.25, 0.3) is 0 Å². The van der Waals surface area contributed by atoms with Gasteiger partial charge in [-0.1, -0.05) is 164 Å². The molecule has 296 valence electrons. The second-order valence-corrected chi connectivity index (χ2v) is 16.4. The van der Waals surface area contributed by atoms with Crippen LogP contribution < -0.4 is 5.73 Å². The van der Waals surface area contributed by atoms with Crippen molar-refractivity contribution in [3.8, 4) is 44.5 Å². The number of rotatable bonds is 6. The van der Waals surface area contributed by atoms with Crippen LogP contribution in [0.1, 0.15) is 16.7 Å². The third-order valence-corrected chi connectivity index (χ3v) is 12.5. The van der Waals surface area contributed by atoms with E-state index in [2.05, 4.69) is 139 Å². The number of nitrogens with one attached hydrogen (secondary N) is 1. The van der Waals surface area contributed by atoms with Crippen LogP contribution in [0.3, 0.4) is 0 Å². The van der Waals surface area contributed by atoms with E-state index < -0.39 is 0 Å². The number of aryl methyl sites for hydroxylation is 1. The first-order valence-corrected chi connectivity index (χ1v) is 21.5. The summed E-state index contributed by atoms with van der Waals surface area (Å²) in [5.41, 5.74) is 20.2. The van der Waals surface area contributed by atoms with E-state index in [1.807, 2.05) is 96.3 Å². The molecule has 9 aromatic carbocycles. The van der Waals surface area contributed by atoms with Crippen LogP contribution in [-0.2, 0) is 0 Å². The number of aliphatic imine (C=N–C) groups is 1. The molecule has 0 saturated carbocycles. The standard InChI is InChI=1S/C31H20OS.C26H21N3/c1-19-8-7-12-27-30(19)25-16-21(14-15-26(25)32-27)24-17-22(20-9-3-2-4-10-20)18-29-31(24)23-11-5-6-13-28(23)33-29;27-25(23-15-7-13-21(17-23)19-9-3-1-4-10-19)29-26(28)24-16-8-14-22(18-24)20-11-5-2-6-12-20/h2-18H,1H3;1-18H,(H3,27,28,29). The molecule has 0 fully saturated rings. The molecule has 11 rings (SSSR count). The summed E-state index contributed by atoms with van der Waals surface area (Å²) in [6, 6.07) is 73.0. The second kappa shape index (κ2) is 16.7. The normalized spacial score (nSPS) is 11.5. The lowest BCUT2D eigenvalue weighted by atomic mass is 9.93. The maximum absolute atomic E-state index is 8.42. The largest absolute Gasteiger partial charge is 0.456 e. The van der Waals surface area contributed by atoms with Crippen molar-refractivity contribution in [2.45, 2.75) is 6.92 Å². The fraction of sp³-hybridized carbons (Fsp3) is 0.0175. The van der Waals surface area contributed by atoms with Gasteiger partial charge in [0, 0.05) is 42.1 Å². The zero-order valence-corrected chi connectivity index (χ0v) is 34.9. The zero-order valence-electron chi connectivity index (χ0n) is 34.0. The highest BCUT2D eigenvalue weighted by molar-refractivity contribution is 7.26. The highest BCUT2D eigenvalue weighted by Crippen LogP contribution is 2.44. The summed E-state index contributed by atoms with van der Waals surface area (Å²) in [5.74, 6) is 0.475. The second-order valence-electron chi connectivity index (χ2n) is 15.4. The lowest BCUT2D eigenvalue weighted by molar-refractivity contribution is 0.669. The van der Waals surface area contributed by atoms with E-state index in [4.69, 9.17) is 15.6 Å². The van der Waals surface area contributed by atoms with E-state index in [1.165, 1.54) is 58.8 Å². The van der Waals surface area contributed by atoms with Gasteiger partial charge in [0.1, 0.15) is 17.0 Å². The van der Waals surface area contributed by atoms with E-state index in [0.717, 1.165) is 44.5 Å². The van der Waals surface area contributed by atoms with Gasteiger partial charge in [-0.2, -0.15) is 0 Å². The Balaban J connectivity index is 0.000000149. The number of thiophene rings is 1. The summed E-state index contributed by atoms with van der Waals surface area (Å²) in [7, 11) is 0. The molecule has 0 atom stereocenters. The van der Waals surface area contributed by atoms with Crippen molar-refractivity contribution >= 4 is 65.1 Å². The molecule has 0 amide bonds. The van der Waals surface area contributed by atoms with Crippen molar-refractivity contribution in [3.05, 3.63) is 229 Å². The Bertz CT molecular complexity index is 3440. The maximum Gasteiger partial charge on any atom is 0.154 e. The number of hydrogen-bond donors (Lipinski definition) is 2. The highest BCUT2D eigenvalue weighted by Gasteiger charge is 2.16. The Morgan fingerprint density at radius 3 is 1.73 bits per heavy atom. The highest BCUT2D eigenvalue weighted by atomic mass is 32.1. The minimum absolute atomic E-state index is 0.144. The van der Waals surface area contributed by atoms with Crippen LogP contribution in [0.2, 0.25) is 0 Å². The van der Waals surface area contributed by atoms with E-state index in [-0.39, 0.29) is 5.84 Å². The van der Waals surface area contributed by atoms with Crippen LogP contribution in [0.5, 0.6) is 0 Å². The van der Waals surface area contributed by atoms with Crippen molar-refractivity contribution in [2.24, 2.45) is 10.7 Å². The number of fused-ring (bicyclic) bond motifs is 6. The molecule has 0 aliphatic rings. The lowest BCUT2D eigenvalue weighted by Gasteiger charge is -2.10. The van der Waals surface area contributed by atoms with Gasteiger partial charge in [0.05, 0.1) is 0 Å². The number of hydrogen-bond acceptors (Lipinski definition) is 3. The Morgan fingerprint density at radius 1 is 0.452 bits per heavy atom. The SMILES string of the molecule is Cc1cccc2oc3ccc(-c4cc(-c5ccccc5)cc5sc6ccccc6c45)cc3c12.N=C(N=C(N)c1cccc(-c2ccccc2)c1)c1cccc(-c2ccccc2)c1. The van der Waals surface area contributed by atoms with Crippen LogP contribution in [-0.4, -0.2) is 11.7 Å². The van der Waals surface area contributed by atoms with E-state index in [0.29, 0.717) is 5.84 Å². The summed E-state index contributed by atoms with van der Waals surface area (Å²) in [4.78, 5) is 4.36. The molecular formula is C57H41N3OS. The molecule has 0 spiro atoms. The maximum atomic E-state index is 8.42. The molecular weight excluding hydrogens is 775 g/mol. The first-order valence-electron chi connectivity index (χ1n) is 20.6. The van der Waals surface area contributed by atoms with E-state index in [9.17, 15) is 0 Å². The summed E-state index contributed by atoms with van der Waals surface area (Å²) >= 11 is 1.87. The summed E-state index contributed by atoms with van der Waals surface area (Å²) in [5, 5.41) is 13.5. The van der Waals surface area contributed by atoms with Crippen LogP contribution in [0, 0.1) is 12.3 Å². The van der Waals surface area contributed by atoms with Crippen LogP contribution in [0.25, 0.3) is 86.6 Å². The molecule has 0 unspecified atom stereocenters. The molecule has 62 heavy (non-hydrogen) atoms. The summed E-state index contributed by atoms with van der Waals surface area (Å²) < 4.78 is 8.81. The Morgan fingerprint density at radius 2 is 1.03 bits per heavy atom. The molecule has 11 aromatic rings. The molecule has 2 aromatic heterocycles. The summed E-state index contributed by atoms with van der Waals surface area (Å²) in [6.07, 6.45) is 0. The topological polar surface area (TPSA) is 75.4 Å². The van der Waals surface area contributed by atoms with Gasteiger partial charge in [0.15, 0.2) is 5.84 Å². The minimum Gasteiger partial charge on any atom is -0.456 e. The molecule has 0 bridgehead atoms. The lowest BCUT2D eigenvalue weighted by Crippen LogP contribution is -2.16.